The highest BCUT2D eigenvalue weighted by molar-refractivity contribution is 9.10. The van der Waals surface area contributed by atoms with Gasteiger partial charge in [0.05, 0.1) is 22.5 Å². The third-order valence-electron chi connectivity index (χ3n) is 5.79. The molecule has 3 aromatic carbocycles. The third-order valence-corrected chi connectivity index (χ3v) is 6.42. The highest BCUT2D eigenvalue weighted by Crippen LogP contribution is 2.55. The van der Waals surface area contributed by atoms with Crippen LogP contribution in [0.2, 0.25) is 0 Å². The Hall–Kier alpha value is -3.76. The summed E-state index contributed by atoms with van der Waals surface area (Å²) in [4.78, 5) is 26.1. The average molecular weight is 681 g/mol. The molecule has 0 unspecified atom stereocenters. The Labute approximate surface area is 236 Å². The number of hydrogen-bond acceptors (Lipinski definition) is 2. The Balaban J connectivity index is 2.07. The zero-order chi connectivity index (χ0) is 32.0. The number of amides is 2. The van der Waals surface area contributed by atoms with Crippen LogP contribution in [-0.2, 0) is 11.8 Å². The predicted molar refractivity (Wildman–Crippen MR) is 128 cm³/mol. The molecule has 0 atom stereocenters. The van der Waals surface area contributed by atoms with Gasteiger partial charge in [-0.05, 0) is 64.5 Å². The lowest BCUT2D eigenvalue weighted by molar-refractivity contribution is -0.348. The molecule has 0 aliphatic rings. The normalized spacial score (nSPS) is 12.7. The van der Waals surface area contributed by atoms with Gasteiger partial charge in [0.1, 0.15) is 5.82 Å². The number of nitrogens with one attached hydrogen (secondary N) is 1. The topological polar surface area (TPSA) is 49.4 Å². The first-order valence-electron chi connectivity index (χ1n) is 11.0. The molecule has 0 aliphatic heterocycles. The average Bonchev–Trinajstić information content (AvgIpc) is 2.86. The van der Waals surface area contributed by atoms with Gasteiger partial charge in [-0.15, -0.1) is 0 Å². The number of rotatable bonds is 5. The summed E-state index contributed by atoms with van der Waals surface area (Å²) < 4.78 is 162. The zero-order valence-corrected chi connectivity index (χ0v) is 22.0. The van der Waals surface area contributed by atoms with Crippen LogP contribution in [0.1, 0.15) is 31.8 Å². The molecule has 4 nitrogen and oxygen atoms in total. The van der Waals surface area contributed by atoms with Gasteiger partial charge in [-0.25, -0.2) is 13.2 Å². The lowest BCUT2D eigenvalue weighted by Gasteiger charge is -2.31. The molecule has 3 rings (SSSR count). The van der Waals surface area contributed by atoms with Crippen molar-refractivity contribution in [2.75, 3.05) is 17.3 Å². The first-order valence-corrected chi connectivity index (χ1v) is 11.8. The van der Waals surface area contributed by atoms with E-state index in [9.17, 15) is 57.9 Å². The van der Waals surface area contributed by atoms with Crippen molar-refractivity contribution < 1.29 is 62.3 Å². The number of halogens is 13. The van der Waals surface area contributed by atoms with Gasteiger partial charge in [0, 0.05) is 22.6 Å². The third kappa shape index (κ3) is 6.05. The van der Waals surface area contributed by atoms with Gasteiger partial charge in [0.2, 0.25) is 0 Å². The molecule has 2 amide bonds. The molecule has 1 N–H and O–H groups in total. The summed E-state index contributed by atoms with van der Waals surface area (Å²) in [6.07, 6.45) is -19.2. The van der Waals surface area contributed by atoms with Crippen LogP contribution in [0.3, 0.4) is 0 Å². The van der Waals surface area contributed by atoms with Crippen LogP contribution < -0.4 is 10.2 Å². The van der Waals surface area contributed by atoms with Gasteiger partial charge in [-0.2, -0.15) is 39.5 Å². The maximum atomic E-state index is 15.3. The van der Waals surface area contributed by atoms with Crippen molar-refractivity contribution in [3.05, 3.63) is 93.0 Å². The van der Waals surface area contributed by atoms with Gasteiger partial charge in [0.15, 0.2) is 5.82 Å². The summed E-state index contributed by atoms with van der Waals surface area (Å²) in [6.45, 7) is 0. The Kier molecular flexibility index (Phi) is 8.69. The van der Waals surface area contributed by atoms with Gasteiger partial charge in [0.25, 0.3) is 11.8 Å². The number of hydrogen-bond donors (Lipinski definition) is 1. The zero-order valence-electron chi connectivity index (χ0n) is 20.4. The molecule has 0 aromatic heterocycles. The second-order valence-corrected chi connectivity index (χ2v) is 9.35. The van der Waals surface area contributed by atoms with Crippen LogP contribution >= 0.6 is 15.9 Å². The number of nitrogens with zero attached hydrogens (tertiary/aromatic N) is 1. The summed E-state index contributed by atoms with van der Waals surface area (Å²) in [7, 11) is 1.05. The van der Waals surface area contributed by atoms with Crippen molar-refractivity contribution >= 4 is 39.1 Å². The summed E-state index contributed by atoms with van der Waals surface area (Å²) >= 11 is 2.33. The fourth-order valence-electron chi connectivity index (χ4n) is 3.67. The molecule has 0 bridgehead atoms. The Bertz CT molecular complexity index is 1500. The minimum Gasteiger partial charge on any atom is -0.320 e. The van der Waals surface area contributed by atoms with E-state index in [2.05, 4.69) is 15.9 Å². The second kappa shape index (κ2) is 11.1. The van der Waals surface area contributed by atoms with E-state index in [1.54, 1.807) is 5.32 Å². The van der Waals surface area contributed by atoms with E-state index < -0.39 is 86.3 Å². The molecular formula is C25H13BrF12N2O2. The van der Waals surface area contributed by atoms with Gasteiger partial charge in [-0.3, -0.25) is 9.59 Å². The van der Waals surface area contributed by atoms with Crippen molar-refractivity contribution in [2.45, 2.75) is 24.2 Å². The van der Waals surface area contributed by atoms with Crippen LogP contribution in [0.15, 0.2) is 59.1 Å². The number of anilines is 2. The fourth-order valence-corrected chi connectivity index (χ4v) is 4.23. The largest absolute Gasteiger partial charge is 0.435 e. The van der Waals surface area contributed by atoms with Crippen LogP contribution in [0.5, 0.6) is 0 Å². The number of benzene rings is 3. The van der Waals surface area contributed by atoms with Crippen LogP contribution in [0.4, 0.5) is 64.1 Å². The summed E-state index contributed by atoms with van der Waals surface area (Å²) in [5, 5.41) is 1.56. The Morgan fingerprint density at radius 2 is 1.36 bits per heavy atom. The van der Waals surface area contributed by atoms with Gasteiger partial charge >= 0.3 is 24.2 Å². The molecule has 0 heterocycles. The smallest absolute Gasteiger partial charge is 0.320 e. The minimum absolute atomic E-state index is 0.117. The molecule has 42 heavy (non-hydrogen) atoms. The van der Waals surface area contributed by atoms with E-state index >= 15 is 4.39 Å². The first-order chi connectivity index (χ1) is 19.1. The molecule has 0 fully saturated rings. The van der Waals surface area contributed by atoms with Crippen LogP contribution in [0, 0.1) is 11.6 Å². The number of alkyl halides is 10. The van der Waals surface area contributed by atoms with Crippen molar-refractivity contribution in [3.63, 3.8) is 0 Å². The highest BCUT2D eigenvalue weighted by atomic mass is 79.9. The quantitative estimate of drug-likeness (QED) is 0.275. The van der Waals surface area contributed by atoms with E-state index in [1.165, 1.54) is 0 Å². The lowest BCUT2D eigenvalue weighted by Crippen LogP contribution is -2.50. The predicted octanol–water partition coefficient (Wildman–Crippen LogP) is 8.56. The first kappa shape index (κ1) is 32.8. The van der Waals surface area contributed by atoms with Crippen molar-refractivity contribution in [2.24, 2.45) is 0 Å². The second-order valence-electron chi connectivity index (χ2n) is 8.50. The Morgan fingerprint density at radius 3 is 1.86 bits per heavy atom. The van der Waals surface area contributed by atoms with Gasteiger partial charge < -0.3 is 10.2 Å². The maximum Gasteiger partial charge on any atom is 0.435 e. The van der Waals surface area contributed by atoms with Crippen LogP contribution in [0.25, 0.3) is 0 Å². The summed E-state index contributed by atoms with van der Waals surface area (Å²) in [6, 6.07) is 5.70. The van der Waals surface area contributed by atoms with Crippen molar-refractivity contribution in [1.29, 1.82) is 0 Å². The highest BCUT2D eigenvalue weighted by Gasteiger charge is 2.73. The van der Waals surface area contributed by atoms with E-state index in [4.69, 9.17) is 0 Å². The summed E-state index contributed by atoms with van der Waals surface area (Å²) in [5.41, 5.74) is -14.2. The molecule has 0 saturated carbocycles. The molecule has 0 spiro atoms. The molecule has 0 radical (unpaired) electrons. The lowest BCUT2D eigenvalue weighted by atomic mass is 9.92. The standard InChI is InChI=1S/C25H13BrF12N2O2/c1-40(21(42)11-5-7-13(27)8-6-11)17-4-2-3-14(18(17)28)20(41)39-19-15(23(30,31)32)9-12(10-16(19)26)22(29,24(33,34)35)25(36,37)38/h2-10H,1H3,(H,39,41). The number of carbonyl (C=O) groups is 2. The fraction of sp³-hybridized carbons (Fsp3) is 0.200. The molecule has 0 aliphatic carbocycles. The monoisotopic (exact) mass is 680 g/mol. The molecule has 226 valence electrons. The van der Waals surface area contributed by atoms with E-state index in [1.807, 2.05) is 0 Å². The Morgan fingerprint density at radius 1 is 0.810 bits per heavy atom. The van der Waals surface area contributed by atoms with E-state index in [0.717, 1.165) is 49.5 Å². The maximum absolute atomic E-state index is 15.3. The van der Waals surface area contributed by atoms with Gasteiger partial charge in [-0.1, -0.05) is 6.07 Å². The van der Waals surface area contributed by atoms with E-state index in [0.29, 0.717) is 4.90 Å². The van der Waals surface area contributed by atoms with Crippen LogP contribution in [-0.4, -0.2) is 31.2 Å². The summed E-state index contributed by atoms with van der Waals surface area (Å²) in [5.74, 6) is -4.72. The SMILES string of the molecule is CN(C(=O)c1ccc(F)cc1)c1cccc(C(=O)Nc2c(Br)cc(C(F)(C(F)(F)F)C(F)(F)F)cc2C(F)(F)F)c1F. The van der Waals surface area contributed by atoms with E-state index in [-0.39, 0.29) is 11.6 Å². The molecular weight excluding hydrogens is 668 g/mol. The molecule has 0 saturated heterocycles. The minimum atomic E-state index is -6.74. The van der Waals surface area contributed by atoms with Crippen molar-refractivity contribution in [3.8, 4) is 0 Å². The number of carbonyl (C=O) groups excluding carboxylic acids is 2. The molecule has 3 aromatic rings. The van der Waals surface area contributed by atoms with Crippen molar-refractivity contribution in [1.82, 2.24) is 0 Å². The molecule has 17 heteroatoms.